The van der Waals surface area contributed by atoms with Crippen LogP contribution in [0.3, 0.4) is 0 Å². The summed E-state index contributed by atoms with van der Waals surface area (Å²) >= 11 is 3.59. The molecule has 0 spiro atoms. The molecule has 1 aromatic heterocycles. The highest BCUT2D eigenvalue weighted by molar-refractivity contribution is 7.98. The Hall–Kier alpha value is -1.25. The smallest absolute Gasteiger partial charge is 0.274 e. The molecule has 0 aliphatic rings. The van der Waals surface area contributed by atoms with E-state index in [1.165, 1.54) is 10.4 Å². The fraction of sp³-hybridized carbons (Fsp3) is 0.538. The van der Waals surface area contributed by atoms with Gasteiger partial charge in [0, 0.05) is 36.5 Å². The standard InChI is InChI=1S/C13H22N4O2S2/c1-15(2)7-12-6-11(10-21-12)9-20-5-4-16(3)13(14)8-17(18)19/h6,8,10H,4-5,7,9,14H2,1-3H3. The molecule has 0 aliphatic heterocycles. The van der Waals surface area contributed by atoms with E-state index in [1.54, 1.807) is 35.0 Å². The summed E-state index contributed by atoms with van der Waals surface area (Å²) in [5, 5.41) is 12.5. The number of nitro groups is 1. The van der Waals surface area contributed by atoms with E-state index >= 15 is 0 Å². The lowest BCUT2D eigenvalue weighted by molar-refractivity contribution is -0.404. The van der Waals surface area contributed by atoms with E-state index in [9.17, 15) is 10.1 Å². The van der Waals surface area contributed by atoms with Crippen LogP contribution in [0.5, 0.6) is 0 Å². The number of hydrogen-bond acceptors (Lipinski definition) is 7. The molecule has 0 radical (unpaired) electrons. The number of hydrogen-bond donors (Lipinski definition) is 1. The minimum atomic E-state index is -0.531. The maximum atomic E-state index is 10.3. The summed E-state index contributed by atoms with van der Waals surface area (Å²) < 4.78 is 0. The van der Waals surface area contributed by atoms with Gasteiger partial charge in [0.25, 0.3) is 6.20 Å². The number of thioether (sulfide) groups is 1. The van der Waals surface area contributed by atoms with Gasteiger partial charge in [-0.1, -0.05) is 0 Å². The molecule has 0 bridgehead atoms. The fourth-order valence-corrected chi connectivity index (χ4v) is 3.69. The Balaban J connectivity index is 2.28. The lowest BCUT2D eigenvalue weighted by Crippen LogP contribution is -2.26. The van der Waals surface area contributed by atoms with E-state index in [1.807, 2.05) is 0 Å². The topological polar surface area (TPSA) is 75.6 Å². The molecule has 0 aliphatic carbocycles. The summed E-state index contributed by atoms with van der Waals surface area (Å²) in [6.07, 6.45) is 0.830. The third-order valence-electron chi connectivity index (χ3n) is 2.70. The van der Waals surface area contributed by atoms with Crippen LogP contribution in [0.1, 0.15) is 10.4 Å². The van der Waals surface area contributed by atoms with Crippen LogP contribution in [0, 0.1) is 10.1 Å². The molecule has 8 heteroatoms. The van der Waals surface area contributed by atoms with Crippen molar-refractivity contribution >= 4 is 23.1 Å². The molecular weight excluding hydrogens is 308 g/mol. The summed E-state index contributed by atoms with van der Waals surface area (Å²) in [6.45, 7) is 1.66. The molecule has 0 fully saturated rings. The Morgan fingerprint density at radius 3 is 2.86 bits per heavy atom. The molecule has 0 saturated heterocycles. The van der Waals surface area contributed by atoms with Crippen LogP contribution < -0.4 is 5.73 Å². The summed E-state index contributed by atoms with van der Waals surface area (Å²) in [5.41, 5.74) is 6.93. The normalized spacial score (nSPS) is 11.9. The Kier molecular flexibility index (Phi) is 7.55. The average molecular weight is 330 g/mol. The minimum absolute atomic E-state index is 0.185. The quantitative estimate of drug-likeness (QED) is 0.424. The van der Waals surface area contributed by atoms with Gasteiger partial charge in [-0.3, -0.25) is 10.1 Å². The van der Waals surface area contributed by atoms with Crippen molar-refractivity contribution in [2.45, 2.75) is 12.3 Å². The Labute approximate surface area is 133 Å². The summed E-state index contributed by atoms with van der Waals surface area (Å²) in [4.78, 5) is 15.0. The first-order valence-corrected chi connectivity index (χ1v) is 8.52. The van der Waals surface area contributed by atoms with Gasteiger partial charge < -0.3 is 15.5 Å². The highest BCUT2D eigenvalue weighted by Gasteiger charge is 2.05. The predicted octanol–water partition coefficient (Wildman–Crippen LogP) is 2.01. The van der Waals surface area contributed by atoms with Gasteiger partial charge in [0.2, 0.25) is 0 Å². The lowest BCUT2D eigenvalue weighted by atomic mass is 10.3. The predicted molar refractivity (Wildman–Crippen MR) is 89.8 cm³/mol. The van der Waals surface area contributed by atoms with Gasteiger partial charge in [0.05, 0.1) is 4.92 Å². The zero-order valence-electron chi connectivity index (χ0n) is 12.6. The van der Waals surface area contributed by atoms with Crippen LogP contribution in [0.2, 0.25) is 0 Å². The van der Waals surface area contributed by atoms with Crippen molar-refractivity contribution in [1.29, 1.82) is 0 Å². The van der Waals surface area contributed by atoms with Crippen molar-refractivity contribution in [2.75, 3.05) is 33.4 Å². The van der Waals surface area contributed by atoms with Gasteiger partial charge >= 0.3 is 0 Å². The second-order valence-electron chi connectivity index (χ2n) is 4.97. The summed E-state index contributed by atoms with van der Waals surface area (Å²) in [6, 6.07) is 2.24. The SMILES string of the molecule is CN(C)Cc1cc(CSCCN(C)C(N)=C[N+](=O)[O-])cs1. The zero-order chi connectivity index (χ0) is 15.8. The molecule has 0 aromatic carbocycles. The average Bonchev–Trinajstić information content (AvgIpc) is 2.80. The first kappa shape index (κ1) is 17.8. The molecule has 0 atom stereocenters. The number of nitrogens with two attached hydrogens (primary N) is 1. The van der Waals surface area contributed by atoms with Crippen LogP contribution in [-0.4, -0.2) is 48.2 Å². The molecule has 0 saturated carbocycles. The van der Waals surface area contributed by atoms with E-state index in [4.69, 9.17) is 5.73 Å². The number of nitrogens with zero attached hydrogens (tertiary/aromatic N) is 3. The molecular formula is C13H22N4O2S2. The van der Waals surface area contributed by atoms with Crippen LogP contribution in [0.25, 0.3) is 0 Å². The molecule has 0 unspecified atom stereocenters. The zero-order valence-corrected chi connectivity index (χ0v) is 14.2. The highest BCUT2D eigenvalue weighted by Crippen LogP contribution is 2.20. The number of rotatable bonds is 9. The van der Waals surface area contributed by atoms with Crippen molar-refractivity contribution in [1.82, 2.24) is 9.80 Å². The third kappa shape index (κ3) is 7.35. The van der Waals surface area contributed by atoms with Crippen molar-refractivity contribution < 1.29 is 4.92 Å². The first-order chi connectivity index (χ1) is 9.88. The first-order valence-electron chi connectivity index (χ1n) is 6.49. The Bertz CT molecular complexity index is 488. The van der Waals surface area contributed by atoms with Crippen molar-refractivity contribution in [3.05, 3.63) is 44.0 Å². The van der Waals surface area contributed by atoms with E-state index in [-0.39, 0.29) is 5.82 Å². The van der Waals surface area contributed by atoms with Gasteiger partial charge in [0.1, 0.15) is 0 Å². The van der Waals surface area contributed by atoms with Crippen LogP contribution in [0.4, 0.5) is 0 Å². The maximum absolute atomic E-state index is 10.3. The van der Waals surface area contributed by atoms with Gasteiger partial charge in [-0.25, -0.2) is 0 Å². The summed E-state index contributed by atoms with van der Waals surface area (Å²) in [7, 11) is 5.88. The van der Waals surface area contributed by atoms with E-state index in [0.29, 0.717) is 6.54 Å². The Morgan fingerprint density at radius 1 is 1.52 bits per heavy atom. The molecule has 0 amide bonds. The van der Waals surface area contributed by atoms with Crippen LogP contribution >= 0.6 is 23.1 Å². The molecule has 21 heavy (non-hydrogen) atoms. The third-order valence-corrected chi connectivity index (χ3v) is 4.68. The largest absolute Gasteiger partial charge is 0.380 e. The van der Waals surface area contributed by atoms with Crippen LogP contribution in [-0.2, 0) is 12.3 Å². The maximum Gasteiger partial charge on any atom is 0.274 e. The van der Waals surface area contributed by atoms with E-state index in [0.717, 1.165) is 24.3 Å². The van der Waals surface area contributed by atoms with E-state index in [2.05, 4.69) is 30.4 Å². The van der Waals surface area contributed by atoms with Gasteiger partial charge in [-0.05, 0) is 31.1 Å². The lowest BCUT2D eigenvalue weighted by Gasteiger charge is -2.16. The fourth-order valence-electron chi connectivity index (χ4n) is 1.62. The Morgan fingerprint density at radius 2 is 2.24 bits per heavy atom. The monoisotopic (exact) mass is 330 g/mol. The molecule has 118 valence electrons. The highest BCUT2D eigenvalue weighted by atomic mass is 32.2. The minimum Gasteiger partial charge on any atom is -0.380 e. The van der Waals surface area contributed by atoms with Crippen molar-refractivity contribution in [3.8, 4) is 0 Å². The molecule has 1 rings (SSSR count). The summed E-state index contributed by atoms with van der Waals surface area (Å²) in [5.74, 6) is 2.02. The van der Waals surface area contributed by atoms with Crippen molar-refractivity contribution in [3.63, 3.8) is 0 Å². The molecule has 1 heterocycles. The van der Waals surface area contributed by atoms with Gasteiger partial charge in [-0.15, -0.1) is 11.3 Å². The van der Waals surface area contributed by atoms with Gasteiger partial charge in [0.15, 0.2) is 5.82 Å². The molecule has 6 nitrogen and oxygen atoms in total. The molecule has 2 N–H and O–H groups in total. The second kappa shape index (κ2) is 8.91. The van der Waals surface area contributed by atoms with Gasteiger partial charge in [-0.2, -0.15) is 11.8 Å². The molecule has 1 aromatic rings. The number of thiophene rings is 1. The van der Waals surface area contributed by atoms with Crippen LogP contribution in [0.15, 0.2) is 23.5 Å². The second-order valence-corrected chi connectivity index (χ2v) is 7.07. The van der Waals surface area contributed by atoms with E-state index < -0.39 is 4.92 Å². The van der Waals surface area contributed by atoms with Crippen molar-refractivity contribution in [2.24, 2.45) is 5.73 Å².